The molecule has 0 spiro atoms. The van der Waals surface area contributed by atoms with E-state index in [4.69, 9.17) is 21.7 Å². The third-order valence-electron chi connectivity index (χ3n) is 4.03. The molecule has 0 aromatic heterocycles. The number of carboxylic acid groups (broad SMARTS) is 2. The minimum Gasteiger partial charge on any atom is -0.508 e. The van der Waals surface area contributed by atoms with E-state index in [9.17, 15) is 29.1 Å². The molecule has 3 unspecified atom stereocenters. The molecule has 164 valence electrons. The quantitative estimate of drug-likeness (QED) is 0.198. The number of phenols is 1. The van der Waals surface area contributed by atoms with Crippen LogP contribution in [0.3, 0.4) is 0 Å². The van der Waals surface area contributed by atoms with Gasteiger partial charge in [0.1, 0.15) is 17.8 Å². The molecule has 0 heterocycles. The van der Waals surface area contributed by atoms with E-state index in [0.717, 1.165) is 0 Å². The maximum atomic E-state index is 12.4. The molecule has 12 heteroatoms. The fourth-order valence-corrected chi connectivity index (χ4v) is 2.47. The van der Waals surface area contributed by atoms with Gasteiger partial charge in [0.2, 0.25) is 17.7 Å². The van der Waals surface area contributed by atoms with Gasteiger partial charge in [0.15, 0.2) is 0 Å². The lowest BCUT2D eigenvalue weighted by Gasteiger charge is -2.22. The SMILES string of the molecule is NC(=O)CC(NC(=O)C(N)Cc1ccc(O)cc1)C(=O)NC(CCC(=O)O)C(=O)O. The maximum Gasteiger partial charge on any atom is 0.326 e. The van der Waals surface area contributed by atoms with Crippen molar-refractivity contribution < 1.29 is 39.3 Å². The van der Waals surface area contributed by atoms with Crippen LogP contribution in [0, 0.1) is 0 Å². The van der Waals surface area contributed by atoms with Crippen molar-refractivity contribution in [2.45, 2.75) is 43.8 Å². The molecule has 0 aliphatic carbocycles. The zero-order valence-electron chi connectivity index (χ0n) is 15.9. The summed E-state index contributed by atoms with van der Waals surface area (Å²) in [6.45, 7) is 0. The number of phenolic OH excluding ortho intramolecular Hbond substituents is 1. The first-order valence-electron chi connectivity index (χ1n) is 8.86. The summed E-state index contributed by atoms with van der Waals surface area (Å²) in [5.41, 5.74) is 11.5. The number of nitrogens with two attached hydrogens (primary N) is 2. The Labute approximate surface area is 171 Å². The normalized spacial score (nSPS) is 13.5. The number of amides is 3. The summed E-state index contributed by atoms with van der Waals surface area (Å²) in [6, 6.07) is 1.78. The predicted octanol–water partition coefficient (Wildman–Crippen LogP) is -1.94. The van der Waals surface area contributed by atoms with Crippen LogP contribution in [0.1, 0.15) is 24.8 Å². The van der Waals surface area contributed by atoms with E-state index in [-0.39, 0.29) is 12.2 Å². The highest BCUT2D eigenvalue weighted by molar-refractivity contribution is 5.94. The number of hydrogen-bond donors (Lipinski definition) is 7. The third kappa shape index (κ3) is 8.56. The number of aliphatic carboxylic acids is 2. The topological polar surface area (TPSA) is 222 Å². The zero-order valence-corrected chi connectivity index (χ0v) is 15.9. The Morgan fingerprint density at radius 1 is 0.933 bits per heavy atom. The summed E-state index contributed by atoms with van der Waals surface area (Å²) in [4.78, 5) is 57.8. The highest BCUT2D eigenvalue weighted by atomic mass is 16.4. The lowest BCUT2D eigenvalue weighted by molar-refractivity contribution is -0.143. The highest BCUT2D eigenvalue weighted by Crippen LogP contribution is 2.11. The van der Waals surface area contributed by atoms with E-state index in [1.165, 1.54) is 12.1 Å². The van der Waals surface area contributed by atoms with Crippen LogP contribution in [0.2, 0.25) is 0 Å². The van der Waals surface area contributed by atoms with Crippen LogP contribution < -0.4 is 22.1 Å². The van der Waals surface area contributed by atoms with E-state index in [1.54, 1.807) is 12.1 Å². The number of benzene rings is 1. The molecule has 12 nitrogen and oxygen atoms in total. The third-order valence-corrected chi connectivity index (χ3v) is 4.03. The molecule has 0 bridgehead atoms. The second-order valence-corrected chi connectivity index (χ2v) is 6.54. The van der Waals surface area contributed by atoms with Crippen molar-refractivity contribution >= 4 is 29.7 Å². The number of nitrogens with one attached hydrogen (secondary N) is 2. The van der Waals surface area contributed by atoms with Crippen LogP contribution in [0.4, 0.5) is 0 Å². The van der Waals surface area contributed by atoms with E-state index in [2.05, 4.69) is 10.6 Å². The van der Waals surface area contributed by atoms with Gasteiger partial charge >= 0.3 is 11.9 Å². The first kappa shape index (κ1) is 24.4. The van der Waals surface area contributed by atoms with Gasteiger partial charge in [-0.3, -0.25) is 19.2 Å². The van der Waals surface area contributed by atoms with Gasteiger partial charge in [0.05, 0.1) is 12.5 Å². The summed E-state index contributed by atoms with van der Waals surface area (Å²) >= 11 is 0. The van der Waals surface area contributed by atoms with Crippen LogP contribution in [0.15, 0.2) is 24.3 Å². The highest BCUT2D eigenvalue weighted by Gasteiger charge is 2.29. The molecule has 0 aliphatic rings. The Hall–Kier alpha value is -3.67. The van der Waals surface area contributed by atoms with Crippen LogP contribution in [0.25, 0.3) is 0 Å². The van der Waals surface area contributed by atoms with Gasteiger partial charge in [-0.05, 0) is 30.5 Å². The van der Waals surface area contributed by atoms with E-state index in [1.807, 2.05) is 0 Å². The van der Waals surface area contributed by atoms with E-state index < -0.39 is 67.0 Å². The van der Waals surface area contributed by atoms with Crippen molar-refractivity contribution in [3.05, 3.63) is 29.8 Å². The summed E-state index contributed by atoms with van der Waals surface area (Å²) in [6.07, 6.45) is -1.46. The fourth-order valence-electron chi connectivity index (χ4n) is 2.47. The number of rotatable bonds is 12. The molecule has 0 radical (unpaired) electrons. The molecule has 30 heavy (non-hydrogen) atoms. The lowest BCUT2D eigenvalue weighted by Crippen LogP contribution is -2.55. The van der Waals surface area contributed by atoms with Gasteiger partial charge in [-0.2, -0.15) is 0 Å². The van der Waals surface area contributed by atoms with Gasteiger partial charge in [0, 0.05) is 6.42 Å². The zero-order chi connectivity index (χ0) is 22.8. The van der Waals surface area contributed by atoms with Gasteiger partial charge in [-0.25, -0.2) is 4.79 Å². The van der Waals surface area contributed by atoms with E-state index >= 15 is 0 Å². The van der Waals surface area contributed by atoms with Crippen LogP contribution in [0.5, 0.6) is 5.75 Å². The molecular formula is C18H24N4O8. The average Bonchev–Trinajstić information content (AvgIpc) is 2.65. The number of hydrogen-bond acceptors (Lipinski definition) is 7. The molecule has 3 amide bonds. The van der Waals surface area contributed by atoms with Crippen molar-refractivity contribution in [2.24, 2.45) is 11.5 Å². The largest absolute Gasteiger partial charge is 0.508 e. The first-order valence-corrected chi connectivity index (χ1v) is 8.86. The maximum absolute atomic E-state index is 12.4. The standard InChI is InChI=1S/C18H24N4O8/c19-11(7-9-1-3-10(23)4-2-9)16(27)22-13(8-14(20)24)17(28)21-12(18(29)30)5-6-15(25)26/h1-4,11-13,23H,5-8,19H2,(H2,20,24)(H,21,28)(H,22,27)(H,25,26)(H,29,30). The smallest absolute Gasteiger partial charge is 0.326 e. The molecule has 0 fully saturated rings. The Balaban J connectivity index is 2.80. The summed E-state index contributed by atoms with van der Waals surface area (Å²) in [7, 11) is 0. The van der Waals surface area contributed by atoms with Crippen molar-refractivity contribution in [3.63, 3.8) is 0 Å². The van der Waals surface area contributed by atoms with Crippen LogP contribution in [-0.2, 0) is 30.4 Å². The fraction of sp³-hybridized carbons (Fsp3) is 0.389. The minimum atomic E-state index is -1.54. The Morgan fingerprint density at radius 3 is 2.00 bits per heavy atom. The average molecular weight is 424 g/mol. The van der Waals surface area contributed by atoms with Crippen LogP contribution in [-0.4, -0.2) is 63.1 Å². The molecule has 1 aromatic carbocycles. The first-order chi connectivity index (χ1) is 14.0. The Bertz CT molecular complexity index is 796. The van der Waals surface area contributed by atoms with Crippen LogP contribution >= 0.6 is 0 Å². The molecule has 0 aliphatic heterocycles. The summed E-state index contributed by atoms with van der Waals surface area (Å²) in [5, 5.41) is 31.4. The Morgan fingerprint density at radius 2 is 1.50 bits per heavy atom. The Kier molecular flexibility index (Phi) is 9.23. The minimum absolute atomic E-state index is 0.0332. The van der Waals surface area contributed by atoms with Gasteiger partial charge in [-0.1, -0.05) is 12.1 Å². The van der Waals surface area contributed by atoms with Crippen molar-refractivity contribution in [2.75, 3.05) is 0 Å². The molecule has 0 saturated heterocycles. The second kappa shape index (κ2) is 11.4. The molecule has 1 rings (SSSR count). The molecule has 0 saturated carbocycles. The summed E-state index contributed by atoms with van der Waals surface area (Å²) in [5.74, 6) is -5.43. The number of carbonyl (C=O) groups excluding carboxylic acids is 3. The number of carboxylic acids is 2. The molecular weight excluding hydrogens is 400 g/mol. The van der Waals surface area contributed by atoms with Crippen molar-refractivity contribution in [3.8, 4) is 5.75 Å². The predicted molar refractivity (Wildman–Crippen MR) is 102 cm³/mol. The van der Waals surface area contributed by atoms with Crippen molar-refractivity contribution in [1.29, 1.82) is 0 Å². The van der Waals surface area contributed by atoms with Gasteiger partial charge < -0.3 is 37.4 Å². The van der Waals surface area contributed by atoms with Gasteiger partial charge in [0.25, 0.3) is 0 Å². The number of carbonyl (C=O) groups is 5. The molecule has 9 N–H and O–H groups in total. The number of aromatic hydroxyl groups is 1. The number of primary amides is 1. The monoisotopic (exact) mass is 424 g/mol. The summed E-state index contributed by atoms with van der Waals surface area (Å²) < 4.78 is 0. The van der Waals surface area contributed by atoms with Crippen molar-refractivity contribution in [1.82, 2.24) is 10.6 Å². The molecule has 1 aromatic rings. The molecule has 3 atom stereocenters. The second-order valence-electron chi connectivity index (χ2n) is 6.54. The lowest BCUT2D eigenvalue weighted by atomic mass is 10.0. The van der Waals surface area contributed by atoms with E-state index in [0.29, 0.717) is 5.56 Å². The van der Waals surface area contributed by atoms with Gasteiger partial charge in [-0.15, -0.1) is 0 Å².